The van der Waals surface area contributed by atoms with Crippen LogP contribution in [0.25, 0.3) is 0 Å². The molecule has 0 bridgehead atoms. The third kappa shape index (κ3) is 2.56. The minimum absolute atomic E-state index is 0.188. The number of guanidine groups is 1. The normalized spacial score (nSPS) is 25.2. The van der Waals surface area contributed by atoms with Crippen LogP contribution >= 0.6 is 0 Å². The summed E-state index contributed by atoms with van der Waals surface area (Å²) in [4.78, 5) is 14.0. The van der Waals surface area contributed by atoms with Crippen LogP contribution in [0.3, 0.4) is 0 Å². The van der Waals surface area contributed by atoms with E-state index in [1.165, 1.54) is 5.56 Å². The van der Waals surface area contributed by atoms with Crippen LogP contribution in [-0.4, -0.2) is 16.7 Å². The van der Waals surface area contributed by atoms with E-state index in [9.17, 15) is 0 Å². The maximum absolute atomic E-state index is 5.92. The second-order valence-corrected chi connectivity index (χ2v) is 6.75. The van der Waals surface area contributed by atoms with Gasteiger partial charge in [-0.05, 0) is 61.9 Å². The Morgan fingerprint density at radius 2 is 2.12 bits per heavy atom. The molecule has 0 spiro atoms. The Morgan fingerprint density at radius 1 is 1.25 bits per heavy atom. The van der Waals surface area contributed by atoms with Gasteiger partial charge < -0.3 is 11.1 Å². The predicted molar refractivity (Wildman–Crippen MR) is 98.4 cm³/mol. The summed E-state index contributed by atoms with van der Waals surface area (Å²) in [5.41, 5.74) is 10.8. The fourth-order valence-corrected chi connectivity index (χ4v) is 3.48. The molecule has 0 radical (unpaired) electrons. The first kappa shape index (κ1) is 14.9. The number of nitrogen functional groups attached to an aromatic ring is 1. The molecule has 2 aromatic rings. The van der Waals surface area contributed by atoms with E-state index < -0.39 is 0 Å². The minimum atomic E-state index is -0.188. The van der Waals surface area contributed by atoms with E-state index in [0.717, 1.165) is 35.5 Å². The minimum Gasteiger partial charge on any atom is -0.399 e. The van der Waals surface area contributed by atoms with Crippen LogP contribution in [0.2, 0.25) is 0 Å². The van der Waals surface area contributed by atoms with Crippen LogP contribution in [0.15, 0.2) is 52.7 Å². The fraction of sp³-hybridized carbons (Fsp3) is 0.316. The molecule has 2 aliphatic rings. The Morgan fingerprint density at radius 3 is 2.92 bits per heavy atom. The highest BCUT2D eigenvalue weighted by molar-refractivity contribution is 6.04. The largest absolute Gasteiger partial charge is 0.399 e. The summed E-state index contributed by atoms with van der Waals surface area (Å²) in [6.45, 7) is 4.12. The summed E-state index contributed by atoms with van der Waals surface area (Å²) in [6.07, 6.45) is 5.74. The molecule has 3 N–H and O–H groups in total. The predicted octanol–water partition coefficient (Wildman–Crippen LogP) is 3.52. The van der Waals surface area contributed by atoms with E-state index in [1.54, 1.807) is 6.20 Å². The molecule has 1 saturated carbocycles. The summed E-state index contributed by atoms with van der Waals surface area (Å²) in [7, 11) is 0. The van der Waals surface area contributed by atoms with Crippen molar-refractivity contribution in [3.05, 3.63) is 53.9 Å². The van der Waals surface area contributed by atoms with E-state index in [-0.39, 0.29) is 5.54 Å². The highest BCUT2D eigenvalue weighted by atomic mass is 15.2. The number of aryl methyl sites for hydroxylation is 1. The number of nitrogens with zero attached hydrogens (tertiary/aromatic N) is 3. The van der Waals surface area contributed by atoms with E-state index in [2.05, 4.69) is 28.3 Å². The van der Waals surface area contributed by atoms with Crippen molar-refractivity contribution >= 4 is 23.0 Å². The Hall–Kier alpha value is -2.69. The number of aliphatic imine (C=N–C) groups is 2. The van der Waals surface area contributed by atoms with Crippen molar-refractivity contribution in [3.63, 3.8) is 0 Å². The standard InChI is InChI=1S/C19H21N5/c1-12-5-6-16(20)9-17(12)23-18-22-13(2)8-15-10-19(15,24-18)14-4-3-7-21-11-14/h3-7,9,11,15H,8,10,20H2,1-2H3,(H,23,24). The van der Waals surface area contributed by atoms with Crippen LogP contribution in [0.5, 0.6) is 0 Å². The molecule has 24 heavy (non-hydrogen) atoms. The van der Waals surface area contributed by atoms with Crippen molar-refractivity contribution in [3.8, 4) is 0 Å². The number of benzene rings is 1. The van der Waals surface area contributed by atoms with Gasteiger partial charge in [-0.15, -0.1) is 0 Å². The lowest BCUT2D eigenvalue weighted by Gasteiger charge is -2.14. The number of nitrogens with two attached hydrogens (primary N) is 1. The number of rotatable bonds is 2. The summed E-state index contributed by atoms with van der Waals surface area (Å²) >= 11 is 0. The number of aromatic nitrogens is 1. The Kier molecular flexibility index (Phi) is 3.37. The number of fused-ring (bicyclic) bond motifs is 1. The van der Waals surface area contributed by atoms with E-state index in [0.29, 0.717) is 11.9 Å². The summed E-state index contributed by atoms with van der Waals surface area (Å²) in [6, 6.07) is 9.91. The highest BCUT2D eigenvalue weighted by Gasteiger charge is 2.56. The van der Waals surface area contributed by atoms with Gasteiger partial charge in [0, 0.05) is 29.5 Å². The molecule has 1 fully saturated rings. The van der Waals surface area contributed by atoms with Crippen molar-refractivity contribution in [1.29, 1.82) is 0 Å². The zero-order valence-corrected chi connectivity index (χ0v) is 14.0. The Balaban J connectivity index is 1.72. The van der Waals surface area contributed by atoms with Crippen molar-refractivity contribution in [1.82, 2.24) is 4.98 Å². The molecule has 5 nitrogen and oxygen atoms in total. The van der Waals surface area contributed by atoms with Gasteiger partial charge in [-0.25, -0.2) is 9.98 Å². The average Bonchev–Trinajstić information content (AvgIpc) is 3.26. The molecular weight excluding hydrogens is 298 g/mol. The second kappa shape index (κ2) is 5.44. The van der Waals surface area contributed by atoms with Crippen molar-refractivity contribution in [2.75, 3.05) is 11.1 Å². The monoisotopic (exact) mass is 319 g/mol. The molecule has 2 heterocycles. The van der Waals surface area contributed by atoms with Crippen LogP contribution < -0.4 is 11.1 Å². The molecule has 1 aromatic carbocycles. The number of pyridine rings is 1. The van der Waals surface area contributed by atoms with E-state index in [1.807, 2.05) is 37.4 Å². The molecule has 1 aromatic heterocycles. The molecule has 0 saturated heterocycles. The Labute approximate surface area is 141 Å². The van der Waals surface area contributed by atoms with Crippen LogP contribution in [-0.2, 0) is 5.54 Å². The van der Waals surface area contributed by atoms with Crippen LogP contribution in [0, 0.1) is 12.8 Å². The van der Waals surface area contributed by atoms with E-state index in [4.69, 9.17) is 10.7 Å². The summed E-state index contributed by atoms with van der Waals surface area (Å²) < 4.78 is 0. The number of anilines is 2. The van der Waals surface area contributed by atoms with Gasteiger partial charge in [0.1, 0.15) is 0 Å². The van der Waals surface area contributed by atoms with Crippen LogP contribution in [0.1, 0.15) is 30.9 Å². The second-order valence-electron chi connectivity index (χ2n) is 6.75. The van der Waals surface area contributed by atoms with Crippen molar-refractivity contribution in [2.45, 2.75) is 32.2 Å². The van der Waals surface area contributed by atoms with Gasteiger partial charge in [-0.2, -0.15) is 0 Å². The fourth-order valence-electron chi connectivity index (χ4n) is 3.48. The first-order valence-corrected chi connectivity index (χ1v) is 8.24. The third-order valence-electron chi connectivity index (χ3n) is 4.89. The van der Waals surface area contributed by atoms with Crippen molar-refractivity contribution in [2.24, 2.45) is 15.9 Å². The zero-order chi connectivity index (χ0) is 16.7. The average molecular weight is 319 g/mol. The van der Waals surface area contributed by atoms with Gasteiger partial charge in [0.05, 0.1) is 5.54 Å². The lowest BCUT2D eigenvalue weighted by Crippen LogP contribution is -2.16. The van der Waals surface area contributed by atoms with Gasteiger partial charge in [0.2, 0.25) is 5.96 Å². The maximum atomic E-state index is 5.92. The lowest BCUT2D eigenvalue weighted by molar-refractivity contribution is 0.648. The summed E-state index contributed by atoms with van der Waals surface area (Å²) in [5.74, 6) is 1.16. The van der Waals surface area contributed by atoms with Crippen LogP contribution in [0.4, 0.5) is 11.4 Å². The third-order valence-corrected chi connectivity index (χ3v) is 4.89. The highest BCUT2D eigenvalue weighted by Crippen LogP contribution is 2.58. The molecule has 2 atom stereocenters. The Bertz CT molecular complexity index is 840. The SMILES string of the molecule is CC1=NC(Nc2cc(N)ccc2C)=NC2(c3cccnc3)CC2C1. The quantitative estimate of drug-likeness (QED) is 0.832. The first-order valence-electron chi connectivity index (χ1n) is 8.24. The van der Waals surface area contributed by atoms with Gasteiger partial charge >= 0.3 is 0 Å². The summed E-state index contributed by atoms with van der Waals surface area (Å²) in [5, 5.41) is 3.37. The van der Waals surface area contributed by atoms with Gasteiger partial charge in [0.25, 0.3) is 0 Å². The molecule has 0 amide bonds. The number of hydrogen-bond donors (Lipinski definition) is 2. The van der Waals surface area contributed by atoms with Gasteiger partial charge in [0.15, 0.2) is 0 Å². The van der Waals surface area contributed by atoms with Gasteiger partial charge in [-0.3, -0.25) is 4.98 Å². The number of nitrogens with one attached hydrogen (secondary N) is 1. The topological polar surface area (TPSA) is 75.7 Å². The molecule has 1 aliphatic heterocycles. The molecule has 5 heteroatoms. The van der Waals surface area contributed by atoms with Gasteiger partial charge in [-0.1, -0.05) is 12.1 Å². The molecule has 4 rings (SSSR count). The number of hydrogen-bond acceptors (Lipinski definition) is 5. The molecule has 122 valence electrons. The van der Waals surface area contributed by atoms with Crippen molar-refractivity contribution < 1.29 is 0 Å². The lowest BCUT2D eigenvalue weighted by atomic mass is 10.0. The molecule has 2 unspecified atom stereocenters. The maximum Gasteiger partial charge on any atom is 0.223 e. The zero-order valence-electron chi connectivity index (χ0n) is 14.0. The molecule has 1 aliphatic carbocycles. The smallest absolute Gasteiger partial charge is 0.223 e. The first-order chi connectivity index (χ1) is 11.6. The molecular formula is C19H21N5. The van der Waals surface area contributed by atoms with E-state index >= 15 is 0 Å².